The van der Waals surface area contributed by atoms with Crippen molar-refractivity contribution >= 4 is 40.5 Å². The Bertz CT molecular complexity index is 1950. The number of fused-ring (bicyclic) bond motifs is 1. The fraction of sp³-hybridized carbons (Fsp3) is 0.129. The molecular weight excluding hydrogens is 558 g/mol. The third kappa shape index (κ3) is 6.32. The van der Waals surface area contributed by atoms with E-state index in [-0.39, 0.29) is 24.2 Å². The number of hydrogen-bond donors (Lipinski definition) is 3. The summed E-state index contributed by atoms with van der Waals surface area (Å²) in [4.78, 5) is 45.7. The van der Waals surface area contributed by atoms with Crippen LogP contribution in [0.1, 0.15) is 37.5 Å². The summed E-state index contributed by atoms with van der Waals surface area (Å²) < 4.78 is 29.7. The Kier molecular flexibility index (Phi) is 8.10. The van der Waals surface area contributed by atoms with Crippen molar-refractivity contribution in [3.05, 3.63) is 123 Å². The number of nitrogens with zero attached hydrogens (tertiary/aromatic N) is 4. The van der Waals surface area contributed by atoms with Gasteiger partial charge in [-0.2, -0.15) is 0 Å². The van der Waals surface area contributed by atoms with Gasteiger partial charge in [0, 0.05) is 36.6 Å². The van der Waals surface area contributed by atoms with E-state index in [1.54, 1.807) is 38.4 Å². The highest BCUT2D eigenvalue weighted by atomic mass is 19.2. The highest BCUT2D eigenvalue weighted by Crippen LogP contribution is 2.19. The molecule has 5 rings (SSSR count). The standard InChI is InChI=1S/C31H26F2N6O4/c1-18-27(29(41)39(38(18)2)17-20-5-11-24(32)25(33)15-20)28(40)34-13-3-4-19-6-12-26-22(14-19)16-35-31(37-26)36-23-9-7-21(8-10-23)30(42)43/h3-12,14-16H,13,17H2,1-2H3,(H,34,40)(H,42,43)(H,35,36,37)/b4-3+. The van der Waals surface area contributed by atoms with Crippen molar-refractivity contribution in [1.82, 2.24) is 24.6 Å². The molecule has 0 saturated heterocycles. The zero-order valence-corrected chi connectivity index (χ0v) is 23.1. The number of halogens is 2. The molecule has 0 bridgehead atoms. The highest BCUT2D eigenvalue weighted by Gasteiger charge is 2.21. The first-order valence-electron chi connectivity index (χ1n) is 13.1. The first-order valence-corrected chi connectivity index (χ1v) is 13.1. The average Bonchev–Trinajstić information content (AvgIpc) is 3.20. The molecule has 2 heterocycles. The lowest BCUT2D eigenvalue weighted by molar-refractivity contribution is 0.0696. The Hall–Kier alpha value is -5.65. The van der Waals surface area contributed by atoms with Crippen molar-refractivity contribution < 1.29 is 23.5 Å². The Morgan fingerprint density at radius 2 is 1.79 bits per heavy atom. The number of aromatic carboxylic acids is 1. The minimum atomic E-state index is -1.01. The van der Waals surface area contributed by atoms with Crippen LogP contribution in [0.5, 0.6) is 0 Å². The lowest BCUT2D eigenvalue weighted by Gasteiger charge is -2.08. The second-order valence-corrected chi connectivity index (χ2v) is 9.73. The third-order valence-electron chi connectivity index (χ3n) is 6.88. The number of rotatable bonds is 9. The van der Waals surface area contributed by atoms with E-state index in [9.17, 15) is 23.2 Å². The SMILES string of the molecule is Cc1c(C(=O)NC/C=C/c2ccc3nc(Nc4ccc(C(=O)O)cc4)ncc3c2)c(=O)n(Cc2ccc(F)c(F)c2)n1C. The first kappa shape index (κ1) is 28.9. The van der Waals surface area contributed by atoms with Gasteiger partial charge in [0.2, 0.25) is 5.95 Å². The maximum absolute atomic E-state index is 13.6. The quantitative estimate of drug-likeness (QED) is 0.230. The minimum Gasteiger partial charge on any atom is -0.478 e. The summed E-state index contributed by atoms with van der Waals surface area (Å²) in [6.07, 6.45) is 5.22. The molecular formula is C31H26F2N6O4. The van der Waals surface area contributed by atoms with Crippen LogP contribution in [-0.4, -0.2) is 42.9 Å². The summed E-state index contributed by atoms with van der Waals surface area (Å²) in [7, 11) is 1.62. The molecule has 3 aromatic carbocycles. The third-order valence-corrected chi connectivity index (χ3v) is 6.88. The zero-order valence-electron chi connectivity index (χ0n) is 23.1. The van der Waals surface area contributed by atoms with E-state index < -0.39 is 29.1 Å². The van der Waals surface area contributed by atoms with Gasteiger partial charge < -0.3 is 15.7 Å². The molecule has 3 N–H and O–H groups in total. The summed E-state index contributed by atoms with van der Waals surface area (Å²) in [5.74, 6) is -3.17. The van der Waals surface area contributed by atoms with Crippen molar-refractivity contribution in [2.45, 2.75) is 13.5 Å². The number of carbonyl (C=O) groups is 2. The number of carboxylic acid groups (broad SMARTS) is 1. The number of carboxylic acids is 1. The number of benzene rings is 3. The summed E-state index contributed by atoms with van der Waals surface area (Å²) in [6, 6.07) is 15.2. The van der Waals surface area contributed by atoms with E-state index in [4.69, 9.17) is 5.11 Å². The fourth-order valence-corrected chi connectivity index (χ4v) is 4.49. The van der Waals surface area contributed by atoms with Crippen molar-refractivity contribution in [3.8, 4) is 0 Å². The summed E-state index contributed by atoms with van der Waals surface area (Å²) in [5.41, 5.74) is 2.64. The molecule has 0 saturated carbocycles. The molecule has 0 atom stereocenters. The maximum Gasteiger partial charge on any atom is 0.335 e. The second-order valence-electron chi connectivity index (χ2n) is 9.73. The molecule has 43 heavy (non-hydrogen) atoms. The number of nitrogens with one attached hydrogen (secondary N) is 2. The Balaban J connectivity index is 1.21. The van der Waals surface area contributed by atoms with Crippen LogP contribution in [0.15, 0.2) is 77.7 Å². The fourth-order valence-electron chi connectivity index (χ4n) is 4.49. The van der Waals surface area contributed by atoms with Gasteiger partial charge in [-0.1, -0.05) is 24.3 Å². The maximum atomic E-state index is 13.6. The molecule has 218 valence electrons. The van der Waals surface area contributed by atoms with Gasteiger partial charge in [0.25, 0.3) is 11.5 Å². The topological polar surface area (TPSA) is 131 Å². The molecule has 10 nitrogen and oxygen atoms in total. The monoisotopic (exact) mass is 584 g/mol. The summed E-state index contributed by atoms with van der Waals surface area (Å²) >= 11 is 0. The van der Waals surface area contributed by atoms with E-state index >= 15 is 0 Å². The van der Waals surface area contributed by atoms with Gasteiger partial charge in [0.1, 0.15) is 5.56 Å². The van der Waals surface area contributed by atoms with Gasteiger partial charge >= 0.3 is 5.97 Å². The largest absolute Gasteiger partial charge is 0.478 e. The van der Waals surface area contributed by atoms with Crippen LogP contribution in [0.25, 0.3) is 17.0 Å². The van der Waals surface area contributed by atoms with Gasteiger partial charge in [-0.15, -0.1) is 0 Å². The van der Waals surface area contributed by atoms with Crippen molar-refractivity contribution in [2.24, 2.45) is 7.05 Å². The molecule has 0 aliphatic carbocycles. The lowest BCUT2D eigenvalue weighted by Crippen LogP contribution is -2.31. The Morgan fingerprint density at radius 3 is 2.51 bits per heavy atom. The molecule has 1 amide bonds. The molecule has 5 aromatic rings. The van der Waals surface area contributed by atoms with Crippen LogP contribution >= 0.6 is 0 Å². The van der Waals surface area contributed by atoms with Crippen LogP contribution in [0.4, 0.5) is 20.4 Å². The minimum absolute atomic E-state index is 0.0241. The van der Waals surface area contributed by atoms with Crippen molar-refractivity contribution in [3.63, 3.8) is 0 Å². The van der Waals surface area contributed by atoms with Gasteiger partial charge in [-0.05, 0) is 66.6 Å². The first-order chi connectivity index (χ1) is 20.6. The number of carbonyl (C=O) groups excluding carboxylic acids is 1. The van der Waals surface area contributed by atoms with Gasteiger partial charge in [0.05, 0.1) is 17.6 Å². The van der Waals surface area contributed by atoms with Crippen molar-refractivity contribution in [1.29, 1.82) is 0 Å². The van der Waals surface area contributed by atoms with E-state index in [0.717, 1.165) is 23.1 Å². The molecule has 0 aliphatic rings. The van der Waals surface area contributed by atoms with Crippen LogP contribution < -0.4 is 16.2 Å². The molecule has 12 heteroatoms. The summed E-state index contributed by atoms with van der Waals surface area (Å²) in [6.45, 7) is 1.78. The van der Waals surface area contributed by atoms with E-state index in [1.165, 1.54) is 27.6 Å². The lowest BCUT2D eigenvalue weighted by atomic mass is 10.1. The van der Waals surface area contributed by atoms with E-state index in [1.807, 2.05) is 24.3 Å². The van der Waals surface area contributed by atoms with Crippen LogP contribution in [0, 0.1) is 18.6 Å². The molecule has 0 aliphatic heterocycles. The van der Waals surface area contributed by atoms with Gasteiger partial charge in [0.15, 0.2) is 11.6 Å². The predicted molar refractivity (Wildman–Crippen MR) is 157 cm³/mol. The average molecular weight is 585 g/mol. The molecule has 2 aromatic heterocycles. The number of anilines is 2. The molecule has 0 spiro atoms. The Labute approximate surface area is 243 Å². The van der Waals surface area contributed by atoms with Crippen molar-refractivity contribution in [2.75, 3.05) is 11.9 Å². The molecule has 0 radical (unpaired) electrons. The number of aromatic nitrogens is 4. The Morgan fingerprint density at radius 1 is 1.02 bits per heavy atom. The smallest absolute Gasteiger partial charge is 0.335 e. The van der Waals surface area contributed by atoms with Crippen LogP contribution in [0.3, 0.4) is 0 Å². The normalized spacial score (nSPS) is 11.3. The predicted octanol–water partition coefficient (Wildman–Crippen LogP) is 4.65. The van der Waals surface area contributed by atoms with Gasteiger partial charge in [-0.25, -0.2) is 28.2 Å². The van der Waals surface area contributed by atoms with E-state index in [2.05, 4.69) is 20.6 Å². The number of amides is 1. The number of hydrogen-bond acceptors (Lipinski definition) is 6. The highest BCUT2D eigenvalue weighted by molar-refractivity contribution is 5.95. The molecule has 0 unspecified atom stereocenters. The van der Waals surface area contributed by atoms with E-state index in [0.29, 0.717) is 28.4 Å². The van der Waals surface area contributed by atoms with Crippen LogP contribution in [0.2, 0.25) is 0 Å². The second kappa shape index (κ2) is 12.1. The molecule has 0 fully saturated rings. The van der Waals surface area contributed by atoms with Crippen LogP contribution in [-0.2, 0) is 13.6 Å². The summed E-state index contributed by atoms with van der Waals surface area (Å²) in [5, 5.41) is 15.6. The zero-order chi connectivity index (χ0) is 30.7. The van der Waals surface area contributed by atoms with Gasteiger partial charge in [-0.3, -0.25) is 14.3 Å².